The fourth-order valence-corrected chi connectivity index (χ4v) is 4.66. The summed E-state index contributed by atoms with van der Waals surface area (Å²) in [6.07, 6.45) is 1.98. The number of alkyl halides is 3. The Morgan fingerprint density at radius 2 is 2.10 bits per heavy atom. The zero-order valence-electron chi connectivity index (χ0n) is 16.8. The average molecular weight is 450 g/mol. The van der Waals surface area contributed by atoms with Crippen molar-refractivity contribution < 1.29 is 22.7 Å². The van der Waals surface area contributed by atoms with Crippen molar-refractivity contribution in [2.24, 2.45) is 0 Å². The normalized spacial score (nSPS) is 13.7. The number of hydrogen-bond donors (Lipinski definition) is 1. The lowest BCUT2D eigenvalue weighted by Crippen LogP contribution is -2.26. The van der Waals surface area contributed by atoms with Crippen molar-refractivity contribution in [3.05, 3.63) is 57.3 Å². The van der Waals surface area contributed by atoms with E-state index in [1.807, 2.05) is 0 Å². The Morgan fingerprint density at radius 3 is 2.84 bits per heavy atom. The summed E-state index contributed by atoms with van der Waals surface area (Å²) in [5, 5.41) is 7.94. The predicted octanol–water partition coefficient (Wildman–Crippen LogP) is 4.21. The Morgan fingerprint density at radius 1 is 1.29 bits per heavy atom. The molecule has 3 aromatic rings. The molecule has 1 amide bonds. The van der Waals surface area contributed by atoms with Gasteiger partial charge in [-0.05, 0) is 43.9 Å². The minimum Gasteiger partial charge on any atom is -0.493 e. The molecule has 1 N–H and O–H groups in total. The number of carbonyl (C=O) groups is 1. The molecule has 1 aliphatic carbocycles. The summed E-state index contributed by atoms with van der Waals surface area (Å²) in [7, 11) is 1.38. The van der Waals surface area contributed by atoms with Crippen LogP contribution in [0.5, 0.6) is 5.75 Å². The van der Waals surface area contributed by atoms with Gasteiger partial charge in [-0.15, -0.1) is 11.3 Å². The maximum absolute atomic E-state index is 13.0. The lowest BCUT2D eigenvalue weighted by atomic mass is 10.0. The number of nitrogens with one attached hydrogen (secondary N) is 1. The van der Waals surface area contributed by atoms with Gasteiger partial charge in [0.1, 0.15) is 0 Å². The number of methoxy groups -OCH3 is 1. The van der Waals surface area contributed by atoms with Gasteiger partial charge in [0, 0.05) is 17.8 Å². The molecular weight excluding hydrogens is 429 g/mol. The first-order valence-electron chi connectivity index (χ1n) is 9.92. The summed E-state index contributed by atoms with van der Waals surface area (Å²) in [4.78, 5) is 18.6. The first-order valence-corrected chi connectivity index (χ1v) is 10.7. The van der Waals surface area contributed by atoms with E-state index >= 15 is 0 Å². The van der Waals surface area contributed by atoms with Crippen LogP contribution in [0, 0.1) is 0 Å². The smallest absolute Gasteiger partial charge is 0.416 e. The summed E-state index contributed by atoms with van der Waals surface area (Å²) < 4.78 is 45.4. The number of halogens is 3. The zero-order valence-corrected chi connectivity index (χ0v) is 17.6. The number of aromatic nitrogens is 3. The van der Waals surface area contributed by atoms with Crippen molar-refractivity contribution in [1.82, 2.24) is 20.1 Å². The summed E-state index contributed by atoms with van der Waals surface area (Å²) >= 11 is 1.70. The van der Waals surface area contributed by atoms with Crippen LogP contribution in [0.25, 0.3) is 5.69 Å². The van der Waals surface area contributed by atoms with Gasteiger partial charge in [-0.1, -0.05) is 6.07 Å². The van der Waals surface area contributed by atoms with Gasteiger partial charge in [-0.3, -0.25) is 4.79 Å². The van der Waals surface area contributed by atoms with Crippen LogP contribution in [0.3, 0.4) is 0 Å². The molecule has 1 aromatic carbocycles. The summed E-state index contributed by atoms with van der Waals surface area (Å²) in [6.45, 7) is 0.380. The van der Waals surface area contributed by atoms with Gasteiger partial charge in [0.25, 0.3) is 5.91 Å². The van der Waals surface area contributed by atoms with Crippen molar-refractivity contribution in [2.45, 2.75) is 38.3 Å². The Bertz CT molecular complexity index is 1070. The highest BCUT2D eigenvalue weighted by molar-refractivity contribution is 7.11. The molecule has 0 atom stereocenters. The van der Waals surface area contributed by atoms with Crippen molar-refractivity contribution in [3.63, 3.8) is 0 Å². The third kappa shape index (κ3) is 4.73. The second-order valence-electron chi connectivity index (χ2n) is 7.23. The quantitative estimate of drug-likeness (QED) is 0.611. The molecule has 1 aliphatic rings. The van der Waals surface area contributed by atoms with E-state index in [2.05, 4.69) is 15.4 Å². The van der Waals surface area contributed by atoms with Crippen molar-refractivity contribution in [1.29, 1.82) is 0 Å². The minimum absolute atomic E-state index is 0.0124. The Hall–Kier alpha value is -2.88. The van der Waals surface area contributed by atoms with E-state index in [0.717, 1.165) is 30.0 Å². The summed E-state index contributed by atoms with van der Waals surface area (Å²) in [5.41, 5.74) is 0.578. The van der Waals surface area contributed by atoms with Crippen molar-refractivity contribution in [3.8, 4) is 11.4 Å². The number of benzene rings is 1. The molecule has 0 fully saturated rings. The van der Waals surface area contributed by atoms with Crippen LogP contribution in [0.2, 0.25) is 0 Å². The van der Waals surface area contributed by atoms with E-state index in [0.29, 0.717) is 13.0 Å². The fraction of sp³-hybridized carbons (Fsp3) is 0.381. The molecule has 0 bridgehead atoms. The van der Waals surface area contributed by atoms with E-state index in [9.17, 15) is 18.0 Å². The average Bonchev–Trinajstić information content (AvgIpc) is 3.37. The molecule has 0 unspecified atom stereocenters. The second-order valence-corrected chi connectivity index (χ2v) is 8.40. The molecule has 164 valence electrons. The molecule has 0 saturated carbocycles. The van der Waals surface area contributed by atoms with Crippen molar-refractivity contribution in [2.75, 3.05) is 13.7 Å². The largest absolute Gasteiger partial charge is 0.493 e. The van der Waals surface area contributed by atoms with Gasteiger partial charge in [0.15, 0.2) is 11.4 Å². The molecule has 0 spiro atoms. The van der Waals surface area contributed by atoms with Gasteiger partial charge in [-0.25, -0.2) is 9.67 Å². The van der Waals surface area contributed by atoms with Gasteiger partial charge >= 0.3 is 6.18 Å². The van der Waals surface area contributed by atoms with Crippen LogP contribution in [0.4, 0.5) is 13.2 Å². The topological polar surface area (TPSA) is 69.0 Å². The number of amides is 1. The van der Waals surface area contributed by atoms with E-state index in [-0.39, 0.29) is 17.1 Å². The van der Waals surface area contributed by atoms with Gasteiger partial charge in [0.05, 0.1) is 35.3 Å². The van der Waals surface area contributed by atoms with Gasteiger partial charge < -0.3 is 10.1 Å². The highest BCUT2D eigenvalue weighted by atomic mass is 32.1. The predicted molar refractivity (Wildman–Crippen MR) is 110 cm³/mol. The molecule has 4 rings (SSSR count). The highest BCUT2D eigenvalue weighted by Gasteiger charge is 2.30. The third-order valence-corrected chi connectivity index (χ3v) is 6.29. The third-order valence-electron chi connectivity index (χ3n) is 5.07. The van der Waals surface area contributed by atoms with Crippen LogP contribution in [0.1, 0.15) is 44.5 Å². The SMILES string of the molecule is COc1cn(-c2cccc(C(F)(F)F)c2)nc1C(=O)NCCc1nc2c(s1)CCCC2. The fourth-order valence-electron chi connectivity index (χ4n) is 3.50. The number of rotatable bonds is 6. The van der Waals surface area contributed by atoms with Crippen LogP contribution >= 0.6 is 11.3 Å². The molecule has 0 aliphatic heterocycles. The molecule has 2 aromatic heterocycles. The summed E-state index contributed by atoms with van der Waals surface area (Å²) in [6, 6.07) is 4.72. The maximum Gasteiger partial charge on any atom is 0.416 e. The van der Waals surface area contributed by atoms with E-state index < -0.39 is 17.6 Å². The van der Waals surface area contributed by atoms with Gasteiger partial charge in [-0.2, -0.15) is 18.3 Å². The standard InChI is InChI=1S/C21H21F3N4O2S/c1-30-16-12-28(14-6-4-5-13(11-14)21(22,23)24)27-19(16)20(29)25-10-9-18-26-15-7-2-3-8-17(15)31-18/h4-6,11-12H,2-3,7-10H2,1H3,(H,25,29). The van der Waals surface area contributed by atoms with Crippen LogP contribution in [-0.4, -0.2) is 34.3 Å². The van der Waals surface area contributed by atoms with Crippen LogP contribution < -0.4 is 10.1 Å². The maximum atomic E-state index is 13.0. The zero-order chi connectivity index (χ0) is 22.0. The van der Waals surface area contributed by atoms with E-state index in [4.69, 9.17) is 4.74 Å². The first-order chi connectivity index (χ1) is 14.8. The molecular formula is C21H21F3N4O2S. The van der Waals surface area contributed by atoms with Crippen molar-refractivity contribution >= 4 is 17.2 Å². The number of thiazole rings is 1. The number of hydrogen-bond acceptors (Lipinski definition) is 5. The number of fused-ring (bicyclic) bond motifs is 1. The second kappa shape index (κ2) is 8.70. The molecule has 0 saturated heterocycles. The lowest BCUT2D eigenvalue weighted by Gasteiger charge is -2.08. The Balaban J connectivity index is 1.45. The Kier molecular flexibility index (Phi) is 5.99. The molecule has 10 heteroatoms. The Labute approximate surface area is 181 Å². The molecule has 2 heterocycles. The first kappa shape index (κ1) is 21.4. The molecule has 0 radical (unpaired) electrons. The van der Waals surface area contributed by atoms with Crippen LogP contribution in [-0.2, 0) is 25.4 Å². The number of ether oxygens (including phenoxy) is 1. The molecule has 31 heavy (non-hydrogen) atoms. The molecule has 6 nitrogen and oxygen atoms in total. The van der Waals surface area contributed by atoms with E-state index in [1.54, 1.807) is 11.3 Å². The lowest BCUT2D eigenvalue weighted by molar-refractivity contribution is -0.137. The monoisotopic (exact) mass is 450 g/mol. The number of aryl methyl sites for hydroxylation is 2. The summed E-state index contributed by atoms with van der Waals surface area (Å²) in [5.74, 6) is -0.275. The number of nitrogens with zero attached hydrogens (tertiary/aromatic N) is 3. The van der Waals surface area contributed by atoms with E-state index in [1.165, 1.54) is 53.5 Å². The number of carbonyl (C=O) groups excluding carboxylic acids is 1. The highest BCUT2D eigenvalue weighted by Crippen LogP contribution is 2.31. The minimum atomic E-state index is -4.47. The van der Waals surface area contributed by atoms with Crippen LogP contribution in [0.15, 0.2) is 30.5 Å². The van der Waals surface area contributed by atoms with Gasteiger partial charge in [0.2, 0.25) is 0 Å².